The summed E-state index contributed by atoms with van der Waals surface area (Å²) in [4.78, 5) is 16.4. The molecule has 5 nitrogen and oxygen atoms in total. The van der Waals surface area contributed by atoms with Crippen LogP contribution in [-0.2, 0) is 0 Å². The van der Waals surface area contributed by atoms with Crippen molar-refractivity contribution in [2.24, 2.45) is 0 Å². The third kappa shape index (κ3) is 3.06. The number of nitrogens with zero attached hydrogens (tertiary/aromatic N) is 1. The Morgan fingerprint density at radius 2 is 1.95 bits per heavy atom. The quantitative estimate of drug-likeness (QED) is 0.909. The molecule has 104 valence electrons. The van der Waals surface area contributed by atoms with Crippen molar-refractivity contribution in [3.05, 3.63) is 48.2 Å². The van der Waals surface area contributed by atoms with Gasteiger partial charge in [0.05, 0.1) is 19.3 Å². The number of carbonyl (C=O) groups excluding carboxylic acids is 1. The van der Waals surface area contributed by atoms with Crippen LogP contribution in [0.25, 0.3) is 0 Å². The Labute approximate surface area is 117 Å². The molecule has 1 aromatic carbocycles. The van der Waals surface area contributed by atoms with Gasteiger partial charge >= 0.3 is 0 Å². The van der Waals surface area contributed by atoms with Crippen molar-refractivity contribution in [2.45, 2.75) is 6.92 Å². The number of anilines is 1. The Hall–Kier alpha value is -2.56. The molecular formula is C15H16N2O3. The molecule has 0 bridgehead atoms. The zero-order valence-corrected chi connectivity index (χ0v) is 11.4. The molecule has 20 heavy (non-hydrogen) atoms. The second kappa shape index (κ2) is 6.56. The van der Waals surface area contributed by atoms with Crippen molar-refractivity contribution in [3.63, 3.8) is 0 Å². The van der Waals surface area contributed by atoms with Crippen LogP contribution in [0.4, 0.5) is 5.82 Å². The van der Waals surface area contributed by atoms with Crippen molar-refractivity contribution in [2.75, 3.05) is 19.0 Å². The number of nitrogens with one attached hydrogen (secondary N) is 1. The van der Waals surface area contributed by atoms with Gasteiger partial charge in [0.1, 0.15) is 5.75 Å². The van der Waals surface area contributed by atoms with Gasteiger partial charge in [0.25, 0.3) is 5.91 Å². The van der Waals surface area contributed by atoms with Gasteiger partial charge in [0, 0.05) is 6.20 Å². The average Bonchev–Trinajstić information content (AvgIpc) is 2.49. The summed E-state index contributed by atoms with van der Waals surface area (Å²) in [7, 11) is 1.53. The second-order valence-corrected chi connectivity index (χ2v) is 3.94. The standard InChI is InChI=1S/C15H16N2O3/c1-3-20-13-9-6-10-16-14(13)17-15(18)11-7-4-5-8-12(11)19-2/h4-10H,3H2,1-2H3,(H,16,17,18). The number of carbonyl (C=O) groups is 1. The predicted octanol–water partition coefficient (Wildman–Crippen LogP) is 2.74. The van der Waals surface area contributed by atoms with Crippen molar-refractivity contribution in [1.82, 2.24) is 4.98 Å². The summed E-state index contributed by atoms with van der Waals surface area (Å²) in [6, 6.07) is 10.5. The number of benzene rings is 1. The number of aromatic nitrogens is 1. The monoisotopic (exact) mass is 272 g/mol. The molecule has 0 spiro atoms. The lowest BCUT2D eigenvalue weighted by molar-refractivity contribution is 0.102. The van der Waals surface area contributed by atoms with Crippen molar-refractivity contribution in [1.29, 1.82) is 0 Å². The minimum Gasteiger partial charge on any atom is -0.496 e. The van der Waals surface area contributed by atoms with E-state index in [9.17, 15) is 4.79 Å². The Kier molecular flexibility index (Phi) is 4.55. The fourth-order valence-corrected chi connectivity index (χ4v) is 1.76. The van der Waals surface area contributed by atoms with Crippen molar-refractivity contribution >= 4 is 11.7 Å². The Bertz CT molecular complexity index is 599. The molecule has 0 saturated carbocycles. The molecule has 1 heterocycles. The number of hydrogen-bond donors (Lipinski definition) is 1. The van der Waals surface area contributed by atoms with Crippen LogP contribution in [0, 0.1) is 0 Å². The van der Waals surface area contributed by atoms with Gasteiger partial charge in [-0.25, -0.2) is 4.98 Å². The molecule has 0 radical (unpaired) electrons. The fraction of sp³-hybridized carbons (Fsp3) is 0.200. The summed E-state index contributed by atoms with van der Waals surface area (Å²) >= 11 is 0. The maximum Gasteiger partial charge on any atom is 0.260 e. The summed E-state index contributed by atoms with van der Waals surface area (Å²) in [6.07, 6.45) is 1.60. The lowest BCUT2D eigenvalue weighted by atomic mass is 10.2. The lowest BCUT2D eigenvalue weighted by Gasteiger charge is -2.11. The van der Waals surface area contributed by atoms with E-state index in [1.54, 1.807) is 36.5 Å². The number of amides is 1. The first-order valence-electron chi connectivity index (χ1n) is 6.28. The van der Waals surface area contributed by atoms with Crippen LogP contribution in [-0.4, -0.2) is 24.6 Å². The Morgan fingerprint density at radius 1 is 1.20 bits per heavy atom. The number of rotatable bonds is 5. The minimum atomic E-state index is -0.290. The summed E-state index contributed by atoms with van der Waals surface area (Å²) in [5.41, 5.74) is 0.447. The zero-order chi connectivity index (χ0) is 14.4. The first kappa shape index (κ1) is 13.9. The van der Waals surface area contributed by atoms with E-state index in [-0.39, 0.29) is 5.91 Å². The predicted molar refractivity (Wildman–Crippen MR) is 76.4 cm³/mol. The summed E-state index contributed by atoms with van der Waals surface area (Å²) in [5.74, 6) is 1.16. The Morgan fingerprint density at radius 3 is 2.70 bits per heavy atom. The highest BCUT2D eigenvalue weighted by Gasteiger charge is 2.14. The molecule has 1 amide bonds. The molecule has 2 aromatic rings. The van der Waals surface area contributed by atoms with Crippen LogP contribution in [0.5, 0.6) is 11.5 Å². The van der Waals surface area contributed by atoms with Gasteiger partial charge < -0.3 is 14.8 Å². The van der Waals surface area contributed by atoms with E-state index in [1.165, 1.54) is 7.11 Å². The zero-order valence-electron chi connectivity index (χ0n) is 11.4. The summed E-state index contributed by atoms with van der Waals surface area (Å²) in [5, 5.41) is 2.73. The van der Waals surface area contributed by atoms with Gasteiger partial charge in [-0.05, 0) is 31.2 Å². The maximum atomic E-state index is 12.3. The van der Waals surface area contributed by atoms with Gasteiger partial charge in [-0.3, -0.25) is 4.79 Å². The van der Waals surface area contributed by atoms with Crippen LogP contribution in [0.1, 0.15) is 17.3 Å². The summed E-state index contributed by atoms with van der Waals surface area (Å²) < 4.78 is 10.6. The van der Waals surface area contributed by atoms with Crippen molar-refractivity contribution < 1.29 is 14.3 Å². The molecule has 1 N–H and O–H groups in total. The fourth-order valence-electron chi connectivity index (χ4n) is 1.76. The smallest absolute Gasteiger partial charge is 0.260 e. The molecular weight excluding hydrogens is 256 g/mol. The van der Waals surface area contributed by atoms with Crippen LogP contribution in [0.15, 0.2) is 42.6 Å². The maximum absolute atomic E-state index is 12.3. The van der Waals surface area contributed by atoms with E-state index in [1.807, 2.05) is 13.0 Å². The van der Waals surface area contributed by atoms with Crippen LogP contribution in [0.3, 0.4) is 0 Å². The Balaban J connectivity index is 2.24. The second-order valence-electron chi connectivity index (χ2n) is 3.94. The van der Waals surface area contributed by atoms with E-state index in [2.05, 4.69) is 10.3 Å². The van der Waals surface area contributed by atoms with Gasteiger partial charge in [-0.1, -0.05) is 12.1 Å². The van der Waals surface area contributed by atoms with Crippen molar-refractivity contribution in [3.8, 4) is 11.5 Å². The molecule has 0 aliphatic carbocycles. The van der Waals surface area contributed by atoms with Gasteiger partial charge in [-0.2, -0.15) is 0 Å². The lowest BCUT2D eigenvalue weighted by Crippen LogP contribution is -2.15. The highest BCUT2D eigenvalue weighted by atomic mass is 16.5. The van der Waals surface area contributed by atoms with Gasteiger partial charge in [-0.15, -0.1) is 0 Å². The number of para-hydroxylation sites is 1. The average molecular weight is 272 g/mol. The first-order chi connectivity index (χ1) is 9.76. The van der Waals surface area contributed by atoms with Gasteiger partial charge in [0.2, 0.25) is 0 Å². The topological polar surface area (TPSA) is 60.5 Å². The minimum absolute atomic E-state index is 0.290. The van der Waals surface area contributed by atoms with E-state index < -0.39 is 0 Å². The SMILES string of the molecule is CCOc1cccnc1NC(=O)c1ccccc1OC. The molecule has 0 fully saturated rings. The number of methoxy groups -OCH3 is 1. The molecule has 1 aromatic heterocycles. The normalized spacial score (nSPS) is 9.90. The van der Waals surface area contributed by atoms with Crippen LogP contribution in [0.2, 0.25) is 0 Å². The third-order valence-corrected chi connectivity index (χ3v) is 2.65. The number of hydrogen-bond acceptors (Lipinski definition) is 4. The van der Waals surface area contributed by atoms with E-state index in [0.29, 0.717) is 29.5 Å². The third-order valence-electron chi connectivity index (χ3n) is 2.65. The molecule has 0 aliphatic rings. The molecule has 0 atom stereocenters. The van der Waals surface area contributed by atoms with Crippen LogP contribution >= 0.6 is 0 Å². The van der Waals surface area contributed by atoms with Gasteiger partial charge in [0.15, 0.2) is 11.6 Å². The highest BCUT2D eigenvalue weighted by Crippen LogP contribution is 2.23. The number of pyridine rings is 1. The molecule has 2 rings (SSSR count). The molecule has 0 aliphatic heterocycles. The van der Waals surface area contributed by atoms with Crippen LogP contribution < -0.4 is 14.8 Å². The number of ether oxygens (including phenoxy) is 2. The molecule has 0 unspecified atom stereocenters. The van der Waals surface area contributed by atoms with E-state index >= 15 is 0 Å². The molecule has 0 saturated heterocycles. The molecule has 5 heteroatoms. The largest absolute Gasteiger partial charge is 0.496 e. The highest BCUT2D eigenvalue weighted by molar-refractivity contribution is 6.06. The van der Waals surface area contributed by atoms with E-state index in [0.717, 1.165) is 0 Å². The summed E-state index contributed by atoms with van der Waals surface area (Å²) in [6.45, 7) is 2.38. The first-order valence-corrected chi connectivity index (χ1v) is 6.28. The van der Waals surface area contributed by atoms with E-state index in [4.69, 9.17) is 9.47 Å².